The zero-order valence-corrected chi connectivity index (χ0v) is 11.7. The van der Waals surface area contributed by atoms with Crippen LogP contribution in [0.5, 0.6) is 0 Å². The van der Waals surface area contributed by atoms with Crippen LogP contribution in [-0.4, -0.2) is 35.1 Å². The number of hydrogen-bond acceptors (Lipinski definition) is 5. The van der Waals surface area contributed by atoms with E-state index in [4.69, 9.17) is 11.6 Å². The van der Waals surface area contributed by atoms with Gasteiger partial charge >= 0.3 is 0 Å². The van der Waals surface area contributed by atoms with Crippen molar-refractivity contribution in [2.75, 3.05) is 30.4 Å². The predicted molar refractivity (Wildman–Crippen MR) is 74.2 cm³/mol. The van der Waals surface area contributed by atoms with E-state index in [1.165, 1.54) is 25.7 Å². The highest BCUT2D eigenvalue weighted by molar-refractivity contribution is 6.28. The lowest BCUT2D eigenvalue weighted by Gasteiger charge is -2.31. The van der Waals surface area contributed by atoms with E-state index in [2.05, 4.69) is 32.1 Å². The van der Waals surface area contributed by atoms with Gasteiger partial charge in [0.1, 0.15) is 0 Å². The third-order valence-electron chi connectivity index (χ3n) is 3.41. The molecule has 0 saturated carbocycles. The first kappa shape index (κ1) is 13.3. The summed E-state index contributed by atoms with van der Waals surface area (Å²) in [7, 11) is 1.78. The fourth-order valence-electron chi connectivity index (χ4n) is 2.42. The van der Waals surface area contributed by atoms with Crippen LogP contribution in [0.4, 0.5) is 11.9 Å². The van der Waals surface area contributed by atoms with Crippen LogP contribution in [0.15, 0.2) is 0 Å². The van der Waals surface area contributed by atoms with Crippen molar-refractivity contribution in [2.45, 2.75) is 32.6 Å². The summed E-state index contributed by atoms with van der Waals surface area (Å²) < 4.78 is 0. The van der Waals surface area contributed by atoms with Crippen LogP contribution in [-0.2, 0) is 0 Å². The molecule has 1 N–H and O–H groups in total. The Morgan fingerprint density at radius 3 is 2.61 bits per heavy atom. The largest absolute Gasteiger partial charge is 0.357 e. The van der Waals surface area contributed by atoms with Crippen LogP contribution in [0.1, 0.15) is 32.6 Å². The Morgan fingerprint density at radius 2 is 2.00 bits per heavy atom. The molecule has 1 aromatic rings. The van der Waals surface area contributed by atoms with Crippen molar-refractivity contribution in [1.29, 1.82) is 0 Å². The quantitative estimate of drug-likeness (QED) is 0.911. The van der Waals surface area contributed by atoms with Crippen LogP contribution >= 0.6 is 11.6 Å². The summed E-state index contributed by atoms with van der Waals surface area (Å²) >= 11 is 5.90. The van der Waals surface area contributed by atoms with Crippen molar-refractivity contribution in [3.8, 4) is 0 Å². The molecule has 2 heterocycles. The van der Waals surface area contributed by atoms with Gasteiger partial charge in [-0.05, 0) is 30.4 Å². The van der Waals surface area contributed by atoms with Crippen molar-refractivity contribution in [1.82, 2.24) is 15.0 Å². The van der Waals surface area contributed by atoms with Gasteiger partial charge in [0.2, 0.25) is 17.2 Å². The number of piperidine rings is 1. The van der Waals surface area contributed by atoms with E-state index in [-0.39, 0.29) is 5.28 Å². The van der Waals surface area contributed by atoms with E-state index in [0.29, 0.717) is 11.9 Å². The Hall–Kier alpha value is -1.10. The summed E-state index contributed by atoms with van der Waals surface area (Å²) in [5.41, 5.74) is 0. The van der Waals surface area contributed by atoms with E-state index < -0.39 is 0 Å². The summed E-state index contributed by atoms with van der Waals surface area (Å²) in [6.07, 6.45) is 5.03. The molecule has 0 aromatic carbocycles. The van der Waals surface area contributed by atoms with Crippen molar-refractivity contribution >= 4 is 23.5 Å². The van der Waals surface area contributed by atoms with Gasteiger partial charge in [-0.2, -0.15) is 15.0 Å². The molecule has 0 radical (unpaired) electrons. The molecular formula is C12H20ClN5. The number of aromatic nitrogens is 3. The molecular weight excluding hydrogens is 250 g/mol. The average molecular weight is 270 g/mol. The minimum absolute atomic E-state index is 0.250. The maximum Gasteiger partial charge on any atom is 0.231 e. The van der Waals surface area contributed by atoms with Gasteiger partial charge in [-0.3, -0.25) is 0 Å². The Balaban J connectivity index is 2.02. The van der Waals surface area contributed by atoms with Crippen molar-refractivity contribution in [3.05, 3.63) is 5.28 Å². The fourth-order valence-corrected chi connectivity index (χ4v) is 2.58. The van der Waals surface area contributed by atoms with Gasteiger partial charge in [0.15, 0.2) is 0 Å². The van der Waals surface area contributed by atoms with Gasteiger partial charge in [-0.1, -0.05) is 19.8 Å². The smallest absolute Gasteiger partial charge is 0.231 e. The van der Waals surface area contributed by atoms with Crippen molar-refractivity contribution < 1.29 is 0 Å². The lowest BCUT2D eigenvalue weighted by Crippen LogP contribution is -2.35. The molecule has 0 atom stereocenters. The van der Waals surface area contributed by atoms with E-state index >= 15 is 0 Å². The third-order valence-corrected chi connectivity index (χ3v) is 3.58. The second-order valence-corrected chi connectivity index (χ2v) is 5.04. The van der Waals surface area contributed by atoms with Crippen LogP contribution in [0.3, 0.4) is 0 Å². The lowest BCUT2D eigenvalue weighted by molar-refractivity contribution is 0.376. The van der Waals surface area contributed by atoms with Crippen LogP contribution in [0, 0.1) is 5.92 Å². The summed E-state index contributed by atoms with van der Waals surface area (Å²) in [4.78, 5) is 14.8. The second-order valence-electron chi connectivity index (χ2n) is 4.70. The maximum absolute atomic E-state index is 5.90. The number of hydrogen-bond donors (Lipinski definition) is 1. The monoisotopic (exact) mass is 269 g/mol. The zero-order chi connectivity index (χ0) is 13.0. The number of nitrogens with one attached hydrogen (secondary N) is 1. The Bertz CT molecular complexity index is 390. The van der Waals surface area contributed by atoms with Gasteiger partial charge < -0.3 is 10.2 Å². The second kappa shape index (κ2) is 6.18. The minimum atomic E-state index is 0.250. The van der Waals surface area contributed by atoms with Crippen LogP contribution < -0.4 is 10.2 Å². The zero-order valence-electron chi connectivity index (χ0n) is 11.0. The molecule has 6 heteroatoms. The minimum Gasteiger partial charge on any atom is -0.357 e. The molecule has 0 spiro atoms. The van der Waals surface area contributed by atoms with Gasteiger partial charge in [0.05, 0.1) is 0 Å². The normalized spacial score (nSPS) is 16.9. The van der Waals surface area contributed by atoms with Gasteiger partial charge in [-0.25, -0.2) is 0 Å². The highest BCUT2D eigenvalue weighted by Gasteiger charge is 2.21. The molecule has 100 valence electrons. The summed E-state index contributed by atoms with van der Waals surface area (Å²) in [5, 5.41) is 3.15. The summed E-state index contributed by atoms with van der Waals surface area (Å²) in [5.74, 6) is 2.07. The SMILES string of the molecule is CCCC1CCN(c2nc(Cl)nc(NC)n2)CC1. The number of nitrogens with zero attached hydrogens (tertiary/aromatic N) is 4. The first-order valence-corrected chi connectivity index (χ1v) is 6.95. The van der Waals surface area contributed by atoms with E-state index in [9.17, 15) is 0 Å². The van der Waals surface area contributed by atoms with Gasteiger partial charge in [-0.15, -0.1) is 0 Å². The molecule has 0 aliphatic carbocycles. The lowest BCUT2D eigenvalue weighted by atomic mass is 9.93. The first-order chi connectivity index (χ1) is 8.72. The predicted octanol–water partition coefficient (Wildman–Crippen LogP) is 2.58. The molecule has 2 rings (SSSR count). The fraction of sp³-hybridized carbons (Fsp3) is 0.750. The molecule has 0 unspecified atom stereocenters. The third kappa shape index (κ3) is 3.22. The first-order valence-electron chi connectivity index (χ1n) is 6.57. The molecule has 1 fully saturated rings. The standard InChI is InChI=1S/C12H20ClN5/c1-3-4-9-5-7-18(8-6-9)12-16-10(13)15-11(14-2)17-12/h9H,3-8H2,1-2H3,(H,14,15,16,17). The van der Waals surface area contributed by atoms with Gasteiger partial charge in [0, 0.05) is 20.1 Å². The van der Waals surface area contributed by atoms with E-state index in [1.807, 2.05) is 0 Å². The highest BCUT2D eigenvalue weighted by Crippen LogP contribution is 2.24. The summed E-state index contributed by atoms with van der Waals surface area (Å²) in [6, 6.07) is 0. The highest BCUT2D eigenvalue weighted by atomic mass is 35.5. The maximum atomic E-state index is 5.90. The van der Waals surface area contributed by atoms with Crippen LogP contribution in [0.2, 0.25) is 5.28 Å². The topological polar surface area (TPSA) is 53.9 Å². The molecule has 0 amide bonds. The van der Waals surface area contributed by atoms with Gasteiger partial charge in [0.25, 0.3) is 0 Å². The number of rotatable bonds is 4. The average Bonchev–Trinajstić information content (AvgIpc) is 2.39. The Morgan fingerprint density at radius 1 is 1.28 bits per heavy atom. The number of anilines is 2. The van der Waals surface area contributed by atoms with E-state index in [0.717, 1.165) is 19.0 Å². The summed E-state index contributed by atoms with van der Waals surface area (Å²) in [6.45, 7) is 4.26. The number of halogens is 1. The molecule has 18 heavy (non-hydrogen) atoms. The van der Waals surface area contributed by atoms with Crippen molar-refractivity contribution in [3.63, 3.8) is 0 Å². The molecule has 1 aliphatic heterocycles. The molecule has 1 saturated heterocycles. The molecule has 1 aliphatic rings. The van der Waals surface area contributed by atoms with Crippen LogP contribution in [0.25, 0.3) is 0 Å². The van der Waals surface area contributed by atoms with Crippen molar-refractivity contribution in [2.24, 2.45) is 5.92 Å². The molecule has 0 bridgehead atoms. The molecule has 5 nitrogen and oxygen atoms in total. The molecule has 1 aromatic heterocycles. The van der Waals surface area contributed by atoms with E-state index in [1.54, 1.807) is 7.05 Å². The Labute approximate surface area is 113 Å². The Kier molecular flexibility index (Phi) is 4.58.